The highest BCUT2D eigenvalue weighted by Crippen LogP contribution is 2.38. The second kappa shape index (κ2) is 5.56. The molecule has 0 aromatic carbocycles. The number of aromatic nitrogens is 3. The highest BCUT2D eigenvalue weighted by molar-refractivity contribution is 5.53. The van der Waals surface area contributed by atoms with Crippen LogP contribution in [0.15, 0.2) is 22.9 Å². The Bertz CT molecular complexity index is 614. The number of nitrogens with zero attached hydrogens (tertiary/aromatic N) is 3. The van der Waals surface area contributed by atoms with Crippen molar-refractivity contribution in [3.63, 3.8) is 0 Å². The van der Waals surface area contributed by atoms with Gasteiger partial charge < -0.3 is 10.3 Å². The Morgan fingerprint density at radius 2 is 2.14 bits per heavy atom. The van der Waals surface area contributed by atoms with Crippen LogP contribution in [0.25, 0.3) is 11.5 Å². The van der Waals surface area contributed by atoms with E-state index in [1.54, 1.807) is 6.20 Å². The Morgan fingerprint density at radius 3 is 2.81 bits per heavy atom. The van der Waals surface area contributed by atoms with Crippen molar-refractivity contribution in [3.8, 4) is 11.5 Å². The molecule has 0 unspecified atom stereocenters. The average Bonchev–Trinajstić information content (AvgIpc) is 2.99. The van der Waals surface area contributed by atoms with Gasteiger partial charge in [-0.25, -0.2) is 0 Å². The van der Waals surface area contributed by atoms with Gasteiger partial charge in [-0.1, -0.05) is 24.6 Å². The molecule has 0 aliphatic heterocycles. The lowest BCUT2D eigenvalue weighted by molar-refractivity contribution is 0.181. The summed E-state index contributed by atoms with van der Waals surface area (Å²) in [6.45, 7) is 4.23. The first-order chi connectivity index (χ1) is 10.1. The summed E-state index contributed by atoms with van der Waals surface area (Å²) in [4.78, 5) is 8.85. The average molecular weight is 286 g/mol. The summed E-state index contributed by atoms with van der Waals surface area (Å²) in [5.74, 6) is 1.87. The molecule has 3 rings (SSSR count). The molecule has 2 aromatic rings. The van der Waals surface area contributed by atoms with E-state index in [2.05, 4.69) is 22.0 Å². The number of rotatable bonds is 3. The molecule has 21 heavy (non-hydrogen) atoms. The zero-order valence-corrected chi connectivity index (χ0v) is 12.7. The molecule has 5 nitrogen and oxygen atoms in total. The maximum atomic E-state index is 6.51. The number of aryl methyl sites for hydroxylation is 1. The highest BCUT2D eigenvalue weighted by Gasteiger charge is 2.37. The number of pyridine rings is 1. The van der Waals surface area contributed by atoms with Crippen molar-refractivity contribution in [1.82, 2.24) is 15.1 Å². The summed E-state index contributed by atoms with van der Waals surface area (Å²) in [7, 11) is 0. The number of nitrogens with two attached hydrogens (primary N) is 1. The Kier molecular flexibility index (Phi) is 3.76. The van der Waals surface area contributed by atoms with E-state index in [0.717, 1.165) is 42.9 Å². The SMILES string of the molecule is CCC1CCC(N)(c2nc(-c3ncccc3C)no2)CC1. The quantitative estimate of drug-likeness (QED) is 0.937. The van der Waals surface area contributed by atoms with Crippen LogP contribution in [-0.2, 0) is 5.54 Å². The van der Waals surface area contributed by atoms with Crippen LogP contribution in [-0.4, -0.2) is 15.1 Å². The first kappa shape index (κ1) is 14.2. The van der Waals surface area contributed by atoms with Crippen LogP contribution < -0.4 is 5.73 Å². The number of hydrogen-bond donors (Lipinski definition) is 1. The van der Waals surface area contributed by atoms with Crippen LogP contribution in [0.2, 0.25) is 0 Å². The minimum Gasteiger partial charge on any atom is -0.337 e. The first-order valence-electron chi connectivity index (χ1n) is 7.67. The third kappa shape index (κ3) is 2.70. The van der Waals surface area contributed by atoms with Gasteiger partial charge >= 0.3 is 0 Å². The summed E-state index contributed by atoms with van der Waals surface area (Å²) in [5, 5.41) is 4.08. The van der Waals surface area contributed by atoms with Crippen LogP contribution >= 0.6 is 0 Å². The topological polar surface area (TPSA) is 77.8 Å². The smallest absolute Gasteiger partial charge is 0.247 e. The molecule has 0 amide bonds. The van der Waals surface area contributed by atoms with Crippen molar-refractivity contribution in [2.45, 2.75) is 51.5 Å². The van der Waals surface area contributed by atoms with Crippen molar-refractivity contribution >= 4 is 0 Å². The van der Waals surface area contributed by atoms with E-state index in [1.807, 2.05) is 19.1 Å². The van der Waals surface area contributed by atoms with E-state index < -0.39 is 5.54 Å². The molecular weight excluding hydrogens is 264 g/mol. The summed E-state index contributed by atoms with van der Waals surface area (Å²) >= 11 is 0. The van der Waals surface area contributed by atoms with Gasteiger partial charge in [-0.05, 0) is 50.2 Å². The molecule has 5 heteroatoms. The third-order valence-electron chi connectivity index (χ3n) is 4.65. The van der Waals surface area contributed by atoms with E-state index in [0.29, 0.717) is 11.7 Å². The second-order valence-electron chi connectivity index (χ2n) is 6.10. The Balaban J connectivity index is 1.84. The molecule has 1 saturated carbocycles. The third-order valence-corrected chi connectivity index (χ3v) is 4.65. The fraction of sp³-hybridized carbons (Fsp3) is 0.562. The predicted molar refractivity (Wildman–Crippen MR) is 80.4 cm³/mol. The fourth-order valence-corrected chi connectivity index (χ4v) is 3.06. The van der Waals surface area contributed by atoms with Gasteiger partial charge in [-0.3, -0.25) is 4.98 Å². The second-order valence-corrected chi connectivity index (χ2v) is 6.10. The maximum Gasteiger partial charge on any atom is 0.247 e. The van der Waals surface area contributed by atoms with Crippen LogP contribution in [0.1, 0.15) is 50.5 Å². The van der Waals surface area contributed by atoms with Crippen molar-refractivity contribution in [1.29, 1.82) is 0 Å². The summed E-state index contributed by atoms with van der Waals surface area (Å²) in [5.41, 5.74) is 7.83. The summed E-state index contributed by atoms with van der Waals surface area (Å²) < 4.78 is 5.46. The molecule has 1 aliphatic rings. The van der Waals surface area contributed by atoms with Gasteiger partial charge in [0.2, 0.25) is 11.7 Å². The molecule has 1 fully saturated rings. The van der Waals surface area contributed by atoms with Crippen molar-refractivity contribution in [2.24, 2.45) is 11.7 Å². The van der Waals surface area contributed by atoms with Gasteiger partial charge in [0, 0.05) is 6.20 Å². The van der Waals surface area contributed by atoms with Gasteiger partial charge in [0.05, 0.1) is 5.54 Å². The minimum atomic E-state index is -0.473. The highest BCUT2D eigenvalue weighted by atomic mass is 16.5. The Morgan fingerprint density at radius 1 is 1.38 bits per heavy atom. The normalized spacial score (nSPS) is 26.0. The molecule has 2 aromatic heterocycles. The number of hydrogen-bond acceptors (Lipinski definition) is 5. The molecule has 0 radical (unpaired) electrons. The van der Waals surface area contributed by atoms with Crippen LogP contribution in [0.5, 0.6) is 0 Å². The van der Waals surface area contributed by atoms with Crippen LogP contribution in [0.3, 0.4) is 0 Å². The molecule has 2 heterocycles. The molecule has 0 bridgehead atoms. The lowest BCUT2D eigenvalue weighted by atomic mass is 9.76. The van der Waals surface area contributed by atoms with Crippen molar-refractivity contribution in [2.75, 3.05) is 0 Å². The molecular formula is C16H22N4O. The van der Waals surface area contributed by atoms with E-state index in [-0.39, 0.29) is 0 Å². The standard InChI is InChI=1S/C16H22N4O/c1-3-12-6-8-16(17,9-7-12)15-19-14(20-21-15)13-11(2)5-4-10-18-13/h4-5,10,12H,3,6-9,17H2,1-2H3. The van der Waals surface area contributed by atoms with Gasteiger partial charge in [-0.2, -0.15) is 4.98 Å². The molecule has 1 aliphatic carbocycles. The summed E-state index contributed by atoms with van der Waals surface area (Å²) in [6.07, 6.45) is 7.05. The lowest BCUT2D eigenvalue weighted by Crippen LogP contribution is -2.40. The van der Waals surface area contributed by atoms with Crippen LogP contribution in [0, 0.1) is 12.8 Å². The molecule has 112 valence electrons. The van der Waals surface area contributed by atoms with Gasteiger partial charge in [-0.15, -0.1) is 0 Å². The van der Waals surface area contributed by atoms with Gasteiger partial charge in [0.25, 0.3) is 0 Å². The van der Waals surface area contributed by atoms with E-state index >= 15 is 0 Å². The first-order valence-corrected chi connectivity index (χ1v) is 7.67. The van der Waals surface area contributed by atoms with Gasteiger partial charge in [0.1, 0.15) is 5.69 Å². The monoisotopic (exact) mass is 286 g/mol. The van der Waals surface area contributed by atoms with Crippen molar-refractivity contribution < 1.29 is 4.52 Å². The molecule has 0 atom stereocenters. The van der Waals surface area contributed by atoms with Crippen molar-refractivity contribution in [3.05, 3.63) is 29.8 Å². The Labute approximate surface area is 125 Å². The lowest BCUT2D eigenvalue weighted by Gasteiger charge is -2.33. The molecule has 0 saturated heterocycles. The zero-order chi connectivity index (χ0) is 14.9. The molecule has 0 spiro atoms. The van der Waals surface area contributed by atoms with E-state index in [9.17, 15) is 0 Å². The summed E-state index contributed by atoms with van der Waals surface area (Å²) in [6, 6.07) is 3.89. The van der Waals surface area contributed by atoms with Gasteiger partial charge in [0.15, 0.2) is 0 Å². The van der Waals surface area contributed by atoms with Crippen LogP contribution in [0.4, 0.5) is 0 Å². The zero-order valence-electron chi connectivity index (χ0n) is 12.7. The maximum absolute atomic E-state index is 6.51. The van der Waals surface area contributed by atoms with E-state index in [1.165, 1.54) is 6.42 Å². The van der Waals surface area contributed by atoms with E-state index in [4.69, 9.17) is 10.3 Å². The largest absolute Gasteiger partial charge is 0.337 e. The molecule has 2 N–H and O–H groups in total. The Hall–Kier alpha value is -1.75. The fourth-order valence-electron chi connectivity index (χ4n) is 3.06. The predicted octanol–water partition coefficient (Wildman–Crippen LogP) is 3.19. The minimum absolute atomic E-state index is 0.473.